The summed E-state index contributed by atoms with van der Waals surface area (Å²) in [6.07, 6.45) is 5.18. The summed E-state index contributed by atoms with van der Waals surface area (Å²) in [7, 11) is 1.38. The predicted octanol–water partition coefficient (Wildman–Crippen LogP) is 4.21. The molecule has 1 N–H and O–H groups in total. The summed E-state index contributed by atoms with van der Waals surface area (Å²) in [5, 5.41) is 21.3. The van der Waals surface area contributed by atoms with Crippen LogP contribution in [0, 0.1) is 22.7 Å². The number of ether oxygens (including phenoxy) is 3. The Balaban J connectivity index is 2.21. The number of amides is 1. The van der Waals surface area contributed by atoms with Gasteiger partial charge in [0.05, 0.1) is 13.7 Å². The summed E-state index contributed by atoms with van der Waals surface area (Å²) in [6.45, 7) is 6.34. The second kappa shape index (κ2) is 13.7. The topological polar surface area (TPSA) is 121 Å². The van der Waals surface area contributed by atoms with Crippen LogP contribution >= 0.6 is 0 Å². The first-order valence-electron chi connectivity index (χ1n) is 10.7. The van der Waals surface area contributed by atoms with E-state index in [1.807, 2.05) is 19.1 Å². The van der Waals surface area contributed by atoms with E-state index >= 15 is 0 Å². The van der Waals surface area contributed by atoms with Crippen LogP contribution in [0.5, 0.6) is 17.2 Å². The van der Waals surface area contributed by atoms with Crippen molar-refractivity contribution < 1.29 is 23.8 Å². The SMILES string of the molecule is C=CCNC(=O)/C(C#N)=C/c1ccc(OC(=O)/C(C#N)=C\c2ccc(OCCC)cc2)c(OC)c1. The lowest BCUT2D eigenvalue weighted by Crippen LogP contribution is -2.24. The fraction of sp³-hybridized carbons (Fsp3) is 0.185. The van der Waals surface area contributed by atoms with Crippen molar-refractivity contribution in [3.05, 3.63) is 77.4 Å². The van der Waals surface area contributed by atoms with Gasteiger partial charge in [-0.1, -0.05) is 31.2 Å². The summed E-state index contributed by atoms with van der Waals surface area (Å²) in [5.74, 6) is -0.446. The summed E-state index contributed by atoms with van der Waals surface area (Å²) >= 11 is 0. The van der Waals surface area contributed by atoms with E-state index in [1.165, 1.54) is 37.5 Å². The fourth-order valence-electron chi connectivity index (χ4n) is 2.77. The Morgan fingerprint density at radius 3 is 2.26 bits per heavy atom. The number of nitrogens with zero attached hydrogens (tertiary/aromatic N) is 2. The molecule has 0 aliphatic rings. The third-order valence-electron chi connectivity index (χ3n) is 4.48. The van der Waals surface area contributed by atoms with Gasteiger partial charge in [-0.15, -0.1) is 6.58 Å². The molecular weight excluding hydrogens is 446 g/mol. The van der Waals surface area contributed by atoms with Crippen LogP contribution in [0.15, 0.2) is 66.3 Å². The molecule has 1 amide bonds. The number of nitrogens with one attached hydrogen (secondary N) is 1. The van der Waals surface area contributed by atoms with Crippen LogP contribution < -0.4 is 19.5 Å². The van der Waals surface area contributed by atoms with Crippen molar-refractivity contribution in [3.63, 3.8) is 0 Å². The van der Waals surface area contributed by atoms with Crippen molar-refractivity contribution in [2.24, 2.45) is 0 Å². The average Bonchev–Trinajstić information content (AvgIpc) is 2.88. The van der Waals surface area contributed by atoms with E-state index in [1.54, 1.807) is 30.3 Å². The zero-order valence-corrected chi connectivity index (χ0v) is 19.5. The molecule has 0 bridgehead atoms. The van der Waals surface area contributed by atoms with Crippen molar-refractivity contribution in [3.8, 4) is 29.4 Å². The average molecular weight is 472 g/mol. The number of rotatable bonds is 11. The largest absolute Gasteiger partial charge is 0.494 e. The minimum atomic E-state index is -0.859. The molecular formula is C27H25N3O5. The van der Waals surface area contributed by atoms with Crippen molar-refractivity contribution >= 4 is 24.0 Å². The molecule has 0 saturated carbocycles. The molecule has 0 aliphatic heterocycles. The van der Waals surface area contributed by atoms with Gasteiger partial charge in [0.1, 0.15) is 29.0 Å². The van der Waals surface area contributed by atoms with Crippen molar-refractivity contribution in [1.82, 2.24) is 5.32 Å². The lowest BCUT2D eigenvalue weighted by Gasteiger charge is -2.10. The van der Waals surface area contributed by atoms with Gasteiger partial charge in [0.15, 0.2) is 11.5 Å². The van der Waals surface area contributed by atoms with Crippen LogP contribution in [0.4, 0.5) is 0 Å². The maximum absolute atomic E-state index is 12.6. The van der Waals surface area contributed by atoms with Gasteiger partial charge in [-0.3, -0.25) is 4.79 Å². The van der Waals surface area contributed by atoms with Crippen LogP contribution in [-0.2, 0) is 9.59 Å². The standard InChI is InChI=1S/C27H25N3O5/c1-4-12-30-26(31)21(17-28)15-20-8-11-24(25(16-20)33-3)35-27(32)22(18-29)14-19-6-9-23(10-7-19)34-13-5-2/h4,6-11,14-16H,1,5,12-13H2,2-3H3,(H,30,31)/b21-15+,22-14-. The first-order chi connectivity index (χ1) is 16.9. The maximum Gasteiger partial charge on any atom is 0.354 e. The number of carbonyl (C=O) groups excluding carboxylic acids is 2. The van der Waals surface area contributed by atoms with Crippen LogP contribution in [-0.4, -0.2) is 32.1 Å². The number of benzene rings is 2. The summed E-state index contributed by atoms with van der Waals surface area (Å²) < 4.78 is 16.2. The summed E-state index contributed by atoms with van der Waals surface area (Å²) in [5.41, 5.74) is 0.797. The normalized spacial score (nSPS) is 11.0. The quantitative estimate of drug-likeness (QED) is 0.171. The molecule has 0 aromatic heterocycles. The van der Waals surface area contributed by atoms with Gasteiger partial charge in [0.25, 0.3) is 5.91 Å². The third kappa shape index (κ3) is 7.92. The lowest BCUT2D eigenvalue weighted by molar-refractivity contribution is -0.129. The van der Waals surface area contributed by atoms with Crippen LogP contribution in [0.2, 0.25) is 0 Å². The highest BCUT2D eigenvalue weighted by Gasteiger charge is 2.16. The molecule has 0 spiro atoms. The van der Waals surface area contributed by atoms with E-state index in [9.17, 15) is 20.1 Å². The molecule has 0 atom stereocenters. The van der Waals surface area contributed by atoms with Crippen molar-refractivity contribution in [2.45, 2.75) is 13.3 Å². The molecule has 0 aliphatic carbocycles. The van der Waals surface area contributed by atoms with E-state index in [2.05, 4.69) is 11.9 Å². The summed E-state index contributed by atoms with van der Waals surface area (Å²) in [6, 6.07) is 15.2. The third-order valence-corrected chi connectivity index (χ3v) is 4.48. The maximum atomic E-state index is 12.6. The Hall–Kier alpha value is -4.82. The predicted molar refractivity (Wildman–Crippen MR) is 131 cm³/mol. The van der Waals surface area contributed by atoms with Gasteiger partial charge in [-0.2, -0.15) is 10.5 Å². The van der Waals surface area contributed by atoms with Crippen LogP contribution in [0.25, 0.3) is 12.2 Å². The zero-order chi connectivity index (χ0) is 25.6. The highest BCUT2D eigenvalue weighted by atomic mass is 16.6. The van der Waals surface area contributed by atoms with Crippen LogP contribution in [0.1, 0.15) is 24.5 Å². The molecule has 35 heavy (non-hydrogen) atoms. The smallest absolute Gasteiger partial charge is 0.354 e. The summed E-state index contributed by atoms with van der Waals surface area (Å²) in [4.78, 5) is 24.6. The molecule has 178 valence electrons. The Morgan fingerprint density at radius 2 is 1.66 bits per heavy atom. The van der Waals surface area contributed by atoms with Crippen molar-refractivity contribution in [2.75, 3.05) is 20.3 Å². The first kappa shape index (κ1) is 26.4. The number of hydrogen-bond donors (Lipinski definition) is 1. The Morgan fingerprint density at radius 1 is 1.00 bits per heavy atom. The van der Waals surface area contributed by atoms with E-state index in [0.717, 1.165) is 6.42 Å². The number of carbonyl (C=O) groups is 2. The van der Waals surface area contributed by atoms with E-state index in [0.29, 0.717) is 23.5 Å². The number of hydrogen-bond acceptors (Lipinski definition) is 7. The Labute approximate surface area is 204 Å². The van der Waals surface area contributed by atoms with Gasteiger partial charge < -0.3 is 19.5 Å². The second-order valence-corrected chi connectivity index (χ2v) is 7.06. The highest BCUT2D eigenvalue weighted by Crippen LogP contribution is 2.30. The lowest BCUT2D eigenvalue weighted by atomic mass is 10.1. The first-order valence-corrected chi connectivity index (χ1v) is 10.7. The molecule has 2 aromatic rings. The van der Waals surface area contributed by atoms with E-state index < -0.39 is 11.9 Å². The number of esters is 1. The monoisotopic (exact) mass is 471 g/mol. The van der Waals surface area contributed by atoms with Gasteiger partial charge in [0.2, 0.25) is 0 Å². The van der Waals surface area contributed by atoms with Gasteiger partial charge >= 0.3 is 5.97 Å². The number of nitriles is 2. The Bertz CT molecular complexity index is 1210. The minimum Gasteiger partial charge on any atom is -0.494 e. The highest BCUT2D eigenvalue weighted by molar-refractivity contribution is 6.02. The molecule has 0 radical (unpaired) electrons. The van der Waals surface area contributed by atoms with E-state index in [4.69, 9.17) is 14.2 Å². The molecule has 0 unspecified atom stereocenters. The van der Waals surface area contributed by atoms with E-state index in [-0.39, 0.29) is 29.2 Å². The van der Waals surface area contributed by atoms with Gasteiger partial charge in [0, 0.05) is 6.54 Å². The number of methoxy groups -OCH3 is 1. The molecule has 8 nitrogen and oxygen atoms in total. The van der Waals surface area contributed by atoms with Gasteiger partial charge in [-0.05, 0) is 54.0 Å². The molecule has 2 aromatic carbocycles. The van der Waals surface area contributed by atoms with Crippen molar-refractivity contribution in [1.29, 1.82) is 10.5 Å². The fourth-order valence-corrected chi connectivity index (χ4v) is 2.77. The molecule has 8 heteroatoms. The Kier molecular flexibility index (Phi) is 10.3. The molecule has 2 rings (SSSR count). The minimum absolute atomic E-state index is 0.0775. The van der Waals surface area contributed by atoms with Gasteiger partial charge in [-0.25, -0.2) is 4.79 Å². The molecule has 0 saturated heterocycles. The van der Waals surface area contributed by atoms with Crippen LogP contribution in [0.3, 0.4) is 0 Å². The molecule has 0 fully saturated rings. The second-order valence-electron chi connectivity index (χ2n) is 7.06. The molecule has 0 heterocycles. The zero-order valence-electron chi connectivity index (χ0n) is 19.5.